The Bertz CT molecular complexity index is 934. The number of hydrogen-bond acceptors (Lipinski definition) is 5. The van der Waals surface area contributed by atoms with E-state index in [1.54, 1.807) is 29.2 Å². The predicted octanol–water partition coefficient (Wildman–Crippen LogP) is 4.32. The molecule has 1 aromatic carbocycles. The van der Waals surface area contributed by atoms with Crippen LogP contribution >= 0.6 is 0 Å². The fraction of sp³-hybridized carbons (Fsp3) is 0.520. The maximum absolute atomic E-state index is 13.8. The van der Waals surface area contributed by atoms with E-state index in [1.165, 1.54) is 6.42 Å². The van der Waals surface area contributed by atoms with Gasteiger partial charge in [-0.1, -0.05) is 25.3 Å². The number of amides is 2. The Kier molecular flexibility index (Phi) is 6.72. The van der Waals surface area contributed by atoms with Gasteiger partial charge in [0.25, 0.3) is 5.91 Å². The molecule has 7 nitrogen and oxygen atoms in total. The Balaban J connectivity index is 1.70. The molecule has 1 atom stereocenters. The van der Waals surface area contributed by atoms with E-state index in [0.717, 1.165) is 25.7 Å². The highest BCUT2D eigenvalue weighted by Gasteiger charge is 2.43. The highest BCUT2D eigenvalue weighted by Crippen LogP contribution is 2.37. The molecule has 1 aromatic heterocycles. The number of carbonyl (C=O) groups excluding carboxylic acids is 2. The Morgan fingerprint density at radius 2 is 1.88 bits per heavy atom. The lowest BCUT2D eigenvalue weighted by Gasteiger charge is -2.44. The zero-order chi connectivity index (χ0) is 22.7. The van der Waals surface area contributed by atoms with Crippen molar-refractivity contribution in [3.8, 4) is 11.5 Å². The quantitative estimate of drug-likeness (QED) is 0.641. The summed E-state index contributed by atoms with van der Waals surface area (Å²) in [4.78, 5) is 30.5. The SMILES string of the molecule is COc1cc([C@H]2C(=O)N(C3CCCCC3)CC(=O)N2Cc2ccco2)ccc1OC(C)C. The van der Waals surface area contributed by atoms with Crippen LogP contribution in [0.25, 0.3) is 0 Å². The maximum atomic E-state index is 13.8. The summed E-state index contributed by atoms with van der Waals surface area (Å²) in [6, 6.07) is 8.49. The fourth-order valence-electron chi connectivity index (χ4n) is 4.73. The van der Waals surface area contributed by atoms with Crippen LogP contribution in [0, 0.1) is 0 Å². The van der Waals surface area contributed by atoms with Gasteiger partial charge in [0, 0.05) is 6.04 Å². The van der Waals surface area contributed by atoms with Crippen molar-refractivity contribution >= 4 is 11.8 Å². The van der Waals surface area contributed by atoms with Crippen LogP contribution in [0.5, 0.6) is 11.5 Å². The van der Waals surface area contributed by atoms with Gasteiger partial charge in [-0.25, -0.2) is 0 Å². The average molecular weight is 441 g/mol. The second-order valence-corrected chi connectivity index (χ2v) is 8.84. The van der Waals surface area contributed by atoms with E-state index in [0.29, 0.717) is 22.8 Å². The van der Waals surface area contributed by atoms with Crippen LogP contribution in [-0.2, 0) is 16.1 Å². The minimum atomic E-state index is -0.731. The number of nitrogens with zero attached hydrogens (tertiary/aromatic N) is 2. The minimum absolute atomic E-state index is 0.00937. The Morgan fingerprint density at radius 3 is 2.53 bits per heavy atom. The molecule has 172 valence electrons. The summed E-state index contributed by atoms with van der Waals surface area (Å²) in [5.41, 5.74) is 0.711. The summed E-state index contributed by atoms with van der Waals surface area (Å²) in [6.07, 6.45) is 6.86. The van der Waals surface area contributed by atoms with E-state index in [1.807, 2.05) is 38.1 Å². The van der Waals surface area contributed by atoms with Gasteiger partial charge in [-0.3, -0.25) is 9.59 Å². The van der Waals surface area contributed by atoms with E-state index in [9.17, 15) is 9.59 Å². The molecule has 2 amide bonds. The van der Waals surface area contributed by atoms with Crippen LogP contribution in [0.1, 0.15) is 63.3 Å². The molecule has 4 rings (SSSR count). The number of methoxy groups -OCH3 is 1. The number of piperazine rings is 1. The minimum Gasteiger partial charge on any atom is -0.493 e. The average Bonchev–Trinajstić information content (AvgIpc) is 3.30. The molecule has 1 aliphatic carbocycles. The van der Waals surface area contributed by atoms with Crippen molar-refractivity contribution in [2.45, 2.75) is 70.7 Å². The monoisotopic (exact) mass is 440 g/mol. The number of rotatable bonds is 7. The van der Waals surface area contributed by atoms with Gasteiger partial charge in [0.1, 0.15) is 18.3 Å². The Labute approximate surface area is 189 Å². The third-order valence-corrected chi connectivity index (χ3v) is 6.24. The van der Waals surface area contributed by atoms with Crippen LogP contribution in [0.4, 0.5) is 0 Å². The van der Waals surface area contributed by atoms with Crippen LogP contribution in [0.3, 0.4) is 0 Å². The number of furan rings is 1. The smallest absolute Gasteiger partial charge is 0.250 e. The van der Waals surface area contributed by atoms with Gasteiger partial charge in [-0.15, -0.1) is 0 Å². The lowest BCUT2D eigenvalue weighted by molar-refractivity contribution is -0.160. The molecule has 0 N–H and O–H groups in total. The van der Waals surface area contributed by atoms with Gasteiger partial charge in [0.15, 0.2) is 11.5 Å². The molecule has 0 unspecified atom stereocenters. The molecule has 2 fully saturated rings. The van der Waals surface area contributed by atoms with Crippen molar-refractivity contribution in [2.75, 3.05) is 13.7 Å². The summed E-state index contributed by atoms with van der Waals surface area (Å²) in [6.45, 7) is 4.26. The van der Waals surface area contributed by atoms with Crippen molar-refractivity contribution in [2.24, 2.45) is 0 Å². The third-order valence-electron chi connectivity index (χ3n) is 6.24. The van der Waals surface area contributed by atoms with Gasteiger partial charge < -0.3 is 23.7 Å². The summed E-state index contributed by atoms with van der Waals surface area (Å²) >= 11 is 0. The van der Waals surface area contributed by atoms with E-state index in [-0.39, 0.29) is 37.0 Å². The number of ether oxygens (including phenoxy) is 2. The first kappa shape index (κ1) is 22.2. The predicted molar refractivity (Wildman–Crippen MR) is 119 cm³/mol. The highest BCUT2D eigenvalue weighted by atomic mass is 16.5. The molecule has 1 saturated heterocycles. The van der Waals surface area contributed by atoms with E-state index >= 15 is 0 Å². The van der Waals surface area contributed by atoms with E-state index < -0.39 is 6.04 Å². The fourth-order valence-corrected chi connectivity index (χ4v) is 4.73. The molecule has 7 heteroatoms. The summed E-state index contributed by atoms with van der Waals surface area (Å²) in [7, 11) is 1.58. The van der Waals surface area contributed by atoms with Crippen molar-refractivity contribution in [3.63, 3.8) is 0 Å². The summed E-state index contributed by atoms with van der Waals surface area (Å²) < 4.78 is 16.9. The Morgan fingerprint density at radius 1 is 1.09 bits per heavy atom. The van der Waals surface area contributed by atoms with Crippen molar-refractivity contribution in [1.82, 2.24) is 9.80 Å². The second kappa shape index (κ2) is 9.67. The first-order chi connectivity index (χ1) is 15.5. The molecule has 1 aliphatic heterocycles. The van der Waals surface area contributed by atoms with Gasteiger partial charge in [0.2, 0.25) is 5.91 Å². The topological polar surface area (TPSA) is 72.2 Å². The van der Waals surface area contributed by atoms with Crippen LogP contribution in [0.15, 0.2) is 41.0 Å². The molecule has 2 heterocycles. The molecule has 1 saturated carbocycles. The second-order valence-electron chi connectivity index (χ2n) is 8.84. The van der Waals surface area contributed by atoms with Gasteiger partial charge in [-0.2, -0.15) is 0 Å². The molecular formula is C25H32N2O5. The van der Waals surface area contributed by atoms with Crippen LogP contribution in [-0.4, -0.2) is 47.4 Å². The molecule has 0 spiro atoms. The third kappa shape index (κ3) is 4.61. The van der Waals surface area contributed by atoms with E-state index in [2.05, 4.69) is 0 Å². The van der Waals surface area contributed by atoms with Crippen molar-refractivity contribution < 1.29 is 23.5 Å². The molecule has 0 bridgehead atoms. The lowest BCUT2D eigenvalue weighted by Crippen LogP contribution is -2.58. The number of carbonyl (C=O) groups is 2. The van der Waals surface area contributed by atoms with Crippen LogP contribution in [0.2, 0.25) is 0 Å². The molecular weight excluding hydrogens is 408 g/mol. The molecule has 32 heavy (non-hydrogen) atoms. The van der Waals surface area contributed by atoms with Gasteiger partial charge in [0.05, 0.1) is 26.0 Å². The standard InChI is InChI=1S/C25H32N2O5/c1-17(2)32-21-12-11-18(14-22(21)30-3)24-25(29)26(19-8-5-4-6-9-19)16-23(28)27(24)15-20-10-7-13-31-20/h7,10-14,17,19,24H,4-6,8-9,15-16H2,1-3H3/t24-/m0/s1. The number of hydrogen-bond donors (Lipinski definition) is 0. The Hall–Kier alpha value is -2.96. The summed E-state index contributed by atoms with van der Waals surface area (Å²) in [5, 5.41) is 0. The molecule has 0 radical (unpaired) electrons. The summed E-state index contributed by atoms with van der Waals surface area (Å²) in [5.74, 6) is 1.70. The van der Waals surface area contributed by atoms with Crippen LogP contribution < -0.4 is 9.47 Å². The molecule has 2 aliphatic rings. The van der Waals surface area contributed by atoms with Crippen molar-refractivity contribution in [1.29, 1.82) is 0 Å². The van der Waals surface area contributed by atoms with Gasteiger partial charge in [-0.05, 0) is 56.5 Å². The zero-order valence-electron chi connectivity index (χ0n) is 19.1. The maximum Gasteiger partial charge on any atom is 0.250 e. The van der Waals surface area contributed by atoms with Gasteiger partial charge >= 0.3 is 0 Å². The normalized spacial score (nSPS) is 20.2. The number of benzene rings is 1. The van der Waals surface area contributed by atoms with E-state index in [4.69, 9.17) is 13.9 Å². The highest BCUT2D eigenvalue weighted by molar-refractivity contribution is 5.96. The largest absolute Gasteiger partial charge is 0.493 e. The molecule has 2 aromatic rings. The first-order valence-corrected chi connectivity index (χ1v) is 11.4. The lowest BCUT2D eigenvalue weighted by atomic mass is 9.91. The van der Waals surface area contributed by atoms with Crippen molar-refractivity contribution in [3.05, 3.63) is 47.9 Å². The zero-order valence-corrected chi connectivity index (χ0v) is 19.1. The first-order valence-electron chi connectivity index (χ1n) is 11.4.